The Labute approximate surface area is 154 Å². The second kappa shape index (κ2) is 7.88. The highest BCUT2D eigenvalue weighted by molar-refractivity contribution is 7.89. The molecule has 0 aliphatic rings. The number of likely N-dealkylation sites (N-methyl/N-ethyl adjacent to an activating group) is 1. The first-order valence-electron chi connectivity index (χ1n) is 8.18. The Hall–Kier alpha value is -2.38. The van der Waals surface area contributed by atoms with Crippen molar-refractivity contribution in [1.82, 2.24) is 4.90 Å². The predicted octanol–water partition coefficient (Wildman–Crippen LogP) is 2.55. The number of sulfonamides is 1. The van der Waals surface area contributed by atoms with Crippen molar-refractivity contribution in [2.75, 3.05) is 13.7 Å². The molecule has 2 N–H and O–H groups in total. The van der Waals surface area contributed by atoms with E-state index >= 15 is 0 Å². The van der Waals surface area contributed by atoms with Gasteiger partial charge in [0.15, 0.2) is 6.61 Å². The highest BCUT2D eigenvalue weighted by Gasteiger charge is 2.19. The minimum absolute atomic E-state index is 0.0224. The molecule has 1 atom stereocenters. The smallest absolute Gasteiger partial charge is 0.260 e. The summed E-state index contributed by atoms with van der Waals surface area (Å²) >= 11 is 0. The van der Waals surface area contributed by atoms with Gasteiger partial charge in [0.2, 0.25) is 10.0 Å². The van der Waals surface area contributed by atoms with E-state index in [2.05, 4.69) is 0 Å². The average molecular weight is 376 g/mol. The second-order valence-corrected chi connectivity index (χ2v) is 7.92. The van der Waals surface area contributed by atoms with Crippen LogP contribution >= 0.6 is 0 Å². The Morgan fingerprint density at radius 1 is 1.19 bits per heavy atom. The lowest BCUT2D eigenvalue weighted by molar-refractivity contribution is -0.134. The van der Waals surface area contributed by atoms with Crippen LogP contribution in [0.4, 0.5) is 0 Å². The Kier molecular flexibility index (Phi) is 6.05. The number of ether oxygens (including phenoxy) is 1. The maximum absolute atomic E-state index is 12.4. The van der Waals surface area contributed by atoms with Crippen LogP contribution in [0.3, 0.4) is 0 Å². The summed E-state index contributed by atoms with van der Waals surface area (Å²) < 4.78 is 28.6. The summed E-state index contributed by atoms with van der Waals surface area (Å²) in [6.07, 6.45) is 0. The van der Waals surface area contributed by atoms with E-state index < -0.39 is 10.0 Å². The SMILES string of the molecule is Cc1ccc(OCC(=O)N(C)C(C)c2cccc(S(N)(=O)=O)c2)c(C)c1. The van der Waals surface area contributed by atoms with Gasteiger partial charge in [-0.1, -0.05) is 29.8 Å². The van der Waals surface area contributed by atoms with Crippen molar-refractivity contribution in [3.63, 3.8) is 0 Å². The molecule has 0 aliphatic heterocycles. The van der Waals surface area contributed by atoms with Crippen LogP contribution in [0, 0.1) is 13.8 Å². The van der Waals surface area contributed by atoms with Crippen molar-refractivity contribution in [2.24, 2.45) is 5.14 Å². The number of rotatable bonds is 6. The molecule has 0 saturated heterocycles. The lowest BCUT2D eigenvalue weighted by Crippen LogP contribution is -2.33. The summed E-state index contributed by atoms with van der Waals surface area (Å²) in [7, 11) is -2.13. The van der Waals surface area contributed by atoms with Crippen LogP contribution in [-0.4, -0.2) is 32.9 Å². The number of carbonyl (C=O) groups is 1. The third-order valence-electron chi connectivity index (χ3n) is 4.32. The largest absolute Gasteiger partial charge is 0.484 e. The van der Waals surface area contributed by atoms with E-state index in [9.17, 15) is 13.2 Å². The van der Waals surface area contributed by atoms with Crippen LogP contribution < -0.4 is 9.88 Å². The van der Waals surface area contributed by atoms with Gasteiger partial charge < -0.3 is 9.64 Å². The number of primary sulfonamides is 1. The summed E-state index contributed by atoms with van der Waals surface area (Å²) in [6.45, 7) is 5.64. The van der Waals surface area contributed by atoms with E-state index in [4.69, 9.17) is 9.88 Å². The maximum atomic E-state index is 12.4. The average Bonchev–Trinajstić information content (AvgIpc) is 2.58. The molecule has 6 nitrogen and oxygen atoms in total. The van der Waals surface area contributed by atoms with Gasteiger partial charge in [0.05, 0.1) is 10.9 Å². The first kappa shape index (κ1) is 19.9. The molecule has 0 bridgehead atoms. The monoisotopic (exact) mass is 376 g/mol. The van der Waals surface area contributed by atoms with E-state index in [1.807, 2.05) is 39.0 Å². The zero-order valence-corrected chi connectivity index (χ0v) is 16.2. The summed E-state index contributed by atoms with van der Waals surface area (Å²) in [5, 5.41) is 5.17. The van der Waals surface area contributed by atoms with Gasteiger partial charge in [-0.25, -0.2) is 13.6 Å². The Bertz CT molecular complexity index is 910. The van der Waals surface area contributed by atoms with Gasteiger partial charge in [0.1, 0.15) is 5.75 Å². The van der Waals surface area contributed by atoms with E-state index in [1.165, 1.54) is 17.0 Å². The third-order valence-corrected chi connectivity index (χ3v) is 5.24. The number of nitrogens with two attached hydrogens (primary N) is 1. The number of nitrogens with zero attached hydrogens (tertiary/aromatic N) is 1. The molecule has 0 radical (unpaired) electrons. The third kappa shape index (κ3) is 4.83. The molecule has 7 heteroatoms. The maximum Gasteiger partial charge on any atom is 0.260 e. The quantitative estimate of drug-likeness (QED) is 0.839. The van der Waals surface area contributed by atoms with Gasteiger partial charge in [0.25, 0.3) is 5.91 Å². The number of amides is 1. The summed E-state index contributed by atoms with van der Waals surface area (Å²) in [6, 6.07) is 11.7. The van der Waals surface area contributed by atoms with Crippen LogP contribution in [0.5, 0.6) is 5.75 Å². The fourth-order valence-corrected chi connectivity index (χ4v) is 3.16. The van der Waals surface area contributed by atoms with E-state index in [-0.39, 0.29) is 23.5 Å². The van der Waals surface area contributed by atoms with Crippen LogP contribution in [0.1, 0.15) is 29.7 Å². The lowest BCUT2D eigenvalue weighted by Gasteiger charge is -2.26. The van der Waals surface area contributed by atoms with Gasteiger partial charge in [-0.05, 0) is 50.1 Å². The van der Waals surface area contributed by atoms with Crippen LogP contribution in [0.25, 0.3) is 0 Å². The van der Waals surface area contributed by atoms with E-state index in [1.54, 1.807) is 19.2 Å². The first-order valence-corrected chi connectivity index (χ1v) is 9.72. The topological polar surface area (TPSA) is 89.7 Å². The predicted molar refractivity (Wildman–Crippen MR) is 100 cm³/mol. The lowest BCUT2D eigenvalue weighted by atomic mass is 10.1. The van der Waals surface area contributed by atoms with Crippen LogP contribution in [-0.2, 0) is 14.8 Å². The zero-order chi connectivity index (χ0) is 19.5. The van der Waals surface area contributed by atoms with Crippen molar-refractivity contribution in [3.05, 3.63) is 59.2 Å². The van der Waals surface area contributed by atoms with Crippen molar-refractivity contribution in [3.8, 4) is 5.75 Å². The molecule has 0 heterocycles. The van der Waals surface area contributed by atoms with Gasteiger partial charge in [0, 0.05) is 7.05 Å². The normalized spacial score (nSPS) is 12.5. The minimum atomic E-state index is -3.79. The molecule has 0 saturated carbocycles. The standard InChI is InChI=1S/C19H24N2O4S/c1-13-8-9-18(14(2)10-13)25-12-19(22)21(4)15(3)16-6-5-7-17(11-16)26(20,23)24/h5-11,15H,12H2,1-4H3,(H2,20,23,24). The number of aryl methyl sites for hydroxylation is 2. The molecule has 2 rings (SSSR count). The molecule has 26 heavy (non-hydrogen) atoms. The van der Waals surface area contributed by atoms with Crippen molar-refractivity contribution < 1.29 is 17.9 Å². The molecule has 1 unspecified atom stereocenters. The molecular weight excluding hydrogens is 352 g/mol. The van der Waals surface area contributed by atoms with Crippen LogP contribution in [0.15, 0.2) is 47.4 Å². The van der Waals surface area contributed by atoms with Crippen molar-refractivity contribution in [1.29, 1.82) is 0 Å². The second-order valence-electron chi connectivity index (χ2n) is 6.36. The summed E-state index contributed by atoms with van der Waals surface area (Å²) in [5.41, 5.74) is 2.77. The number of hydrogen-bond donors (Lipinski definition) is 1. The molecule has 0 spiro atoms. The highest BCUT2D eigenvalue weighted by atomic mass is 32.2. The molecule has 2 aromatic rings. The van der Waals surface area contributed by atoms with Crippen molar-refractivity contribution >= 4 is 15.9 Å². The van der Waals surface area contributed by atoms with Gasteiger partial charge in [-0.2, -0.15) is 0 Å². The number of hydrogen-bond acceptors (Lipinski definition) is 4. The molecule has 2 aromatic carbocycles. The zero-order valence-electron chi connectivity index (χ0n) is 15.4. The Balaban J connectivity index is 2.07. The molecular formula is C19H24N2O4S. The minimum Gasteiger partial charge on any atom is -0.484 e. The Morgan fingerprint density at radius 3 is 2.50 bits per heavy atom. The summed E-state index contributed by atoms with van der Waals surface area (Å²) in [5.74, 6) is 0.458. The van der Waals surface area contributed by atoms with Gasteiger partial charge in [-0.15, -0.1) is 0 Å². The van der Waals surface area contributed by atoms with Crippen molar-refractivity contribution in [2.45, 2.75) is 31.7 Å². The van der Waals surface area contributed by atoms with Gasteiger partial charge >= 0.3 is 0 Å². The molecule has 140 valence electrons. The number of carbonyl (C=O) groups excluding carboxylic acids is 1. The van der Waals surface area contributed by atoms with Gasteiger partial charge in [-0.3, -0.25) is 4.79 Å². The highest BCUT2D eigenvalue weighted by Crippen LogP contribution is 2.22. The first-order chi connectivity index (χ1) is 12.1. The molecule has 0 aromatic heterocycles. The van der Waals surface area contributed by atoms with E-state index in [0.29, 0.717) is 11.3 Å². The molecule has 1 amide bonds. The number of benzene rings is 2. The fourth-order valence-electron chi connectivity index (χ4n) is 2.59. The Morgan fingerprint density at radius 2 is 1.88 bits per heavy atom. The summed E-state index contributed by atoms with van der Waals surface area (Å²) in [4.78, 5) is 14.0. The van der Waals surface area contributed by atoms with E-state index in [0.717, 1.165) is 11.1 Å². The van der Waals surface area contributed by atoms with Crippen LogP contribution in [0.2, 0.25) is 0 Å². The molecule has 0 aliphatic carbocycles. The molecule has 0 fully saturated rings. The fraction of sp³-hybridized carbons (Fsp3) is 0.316.